The standard InChI is InChI=1S/C31H32N2O4/c1-37-27-7-3-6-26(28(27)30(35)36)32-25-5-2-4-22(15-25)29(34)33-24-10-8-23(9-11-24)31-16-19-12-20(17-31)14-21(13-19)18-31/h2-11,15,19-21,32H,12-14,16-18H2,1H3,(H,33,34)(H,35,36). The van der Waals surface area contributed by atoms with E-state index in [1.807, 2.05) is 12.1 Å². The Kier molecular flexibility index (Phi) is 5.90. The molecule has 6 nitrogen and oxygen atoms in total. The lowest BCUT2D eigenvalue weighted by Gasteiger charge is -2.57. The number of rotatable bonds is 7. The summed E-state index contributed by atoms with van der Waals surface area (Å²) in [6.07, 6.45) is 8.24. The lowest BCUT2D eigenvalue weighted by atomic mass is 9.48. The second kappa shape index (κ2) is 9.25. The molecule has 0 spiro atoms. The number of carbonyl (C=O) groups is 2. The number of anilines is 3. The molecule has 7 rings (SSSR count). The van der Waals surface area contributed by atoms with Crippen LogP contribution in [0.4, 0.5) is 17.1 Å². The van der Waals surface area contributed by atoms with Crippen molar-refractivity contribution in [2.75, 3.05) is 17.7 Å². The molecule has 0 heterocycles. The summed E-state index contributed by atoms with van der Waals surface area (Å²) in [7, 11) is 1.44. The van der Waals surface area contributed by atoms with E-state index in [0.29, 0.717) is 22.4 Å². The van der Waals surface area contributed by atoms with Crippen LogP contribution in [0, 0.1) is 17.8 Å². The highest BCUT2D eigenvalue weighted by molar-refractivity contribution is 6.05. The van der Waals surface area contributed by atoms with E-state index in [1.54, 1.807) is 42.5 Å². The number of hydrogen-bond donors (Lipinski definition) is 3. The summed E-state index contributed by atoms with van der Waals surface area (Å²) in [4.78, 5) is 24.8. The van der Waals surface area contributed by atoms with Crippen molar-refractivity contribution in [3.8, 4) is 5.75 Å². The number of hydrogen-bond acceptors (Lipinski definition) is 4. The second-order valence-corrected chi connectivity index (χ2v) is 11.1. The number of aromatic carboxylic acids is 1. The van der Waals surface area contributed by atoms with Gasteiger partial charge in [-0.1, -0.05) is 24.3 Å². The van der Waals surface area contributed by atoms with Crippen LogP contribution in [0.2, 0.25) is 0 Å². The largest absolute Gasteiger partial charge is 0.496 e. The summed E-state index contributed by atoms with van der Waals surface area (Å²) in [5.74, 6) is 1.66. The highest BCUT2D eigenvalue weighted by Gasteiger charge is 2.51. The van der Waals surface area contributed by atoms with Gasteiger partial charge in [0, 0.05) is 16.9 Å². The van der Waals surface area contributed by atoms with E-state index in [2.05, 4.69) is 22.8 Å². The maximum Gasteiger partial charge on any atom is 0.341 e. The molecule has 190 valence electrons. The van der Waals surface area contributed by atoms with Gasteiger partial charge in [0.05, 0.1) is 12.8 Å². The molecule has 0 aromatic heterocycles. The minimum absolute atomic E-state index is 0.0407. The molecule has 0 aliphatic heterocycles. The SMILES string of the molecule is COc1cccc(Nc2cccc(C(=O)Nc3ccc(C45CC6CC(CC(C6)C4)C5)cc3)c2)c1C(=O)O. The number of methoxy groups -OCH3 is 1. The molecule has 0 atom stereocenters. The third-order valence-corrected chi connectivity index (χ3v) is 8.66. The lowest BCUT2D eigenvalue weighted by molar-refractivity contribution is -0.00518. The molecule has 0 unspecified atom stereocenters. The molecule has 0 saturated heterocycles. The van der Waals surface area contributed by atoms with Gasteiger partial charge in [-0.15, -0.1) is 0 Å². The topological polar surface area (TPSA) is 87.7 Å². The van der Waals surface area contributed by atoms with Crippen molar-refractivity contribution < 1.29 is 19.4 Å². The number of carbonyl (C=O) groups excluding carboxylic acids is 1. The normalized spacial score (nSPS) is 25.5. The Morgan fingerprint density at radius 1 is 0.865 bits per heavy atom. The summed E-state index contributed by atoms with van der Waals surface area (Å²) in [6.45, 7) is 0. The Morgan fingerprint density at radius 3 is 2.14 bits per heavy atom. The number of amides is 1. The molecular formula is C31H32N2O4. The van der Waals surface area contributed by atoms with Crippen molar-refractivity contribution in [2.45, 2.75) is 43.9 Å². The molecule has 1 amide bonds. The van der Waals surface area contributed by atoms with Crippen LogP contribution in [-0.4, -0.2) is 24.1 Å². The third-order valence-electron chi connectivity index (χ3n) is 8.66. The summed E-state index contributed by atoms with van der Waals surface area (Å²) >= 11 is 0. The Hall–Kier alpha value is -3.80. The third kappa shape index (κ3) is 4.45. The van der Waals surface area contributed by atoms with Crippen LogP contribution in [0.3, 0.4) is 0 Å². The van der Waals surface area contributed by atoms with E-state index in [9.17, 15) is 14.7 Å². The zero-order chi connectivity index (χ0) is 25.6. The molecule has 4 aliphatic carbocycles. The molecule has 6 heteroatoms. The fraction of sp³-hybridized carbons (Fsp3) is 0.355. The Labute approximate surface area is 217 Å². The molecule has 4 aliphatic rings. The van der Waals surface area contributed by atoms with Crippen LogP contribution in [-0.2, 0) is 5.41 Å². The minimum Gasteiger partial charge on any atom is -0.496 e. The fourth-order valence-corrected chi connectivity index (χ4v) is 7.49. The van der Waals surface area contributed by atoms with Gasteiger partial charge in [0.2, 0.25) is 0 Å². The predicted molar refractivity (Wildman–Crippen MR) is 144 cm³/mol. The predicted octanol–water partition coefficient (Wildman–Crippen LogP) is 6.86. The maximum atomic E-state index is 13.0. The Balaban J connectivity index is 1.16. The van der Waals surface area contributed by atoms with E-state index in [0.717, 1.165) is 23.4 Å². The van der Waals surface area contributed by atoms with Gasteiger partial charge >= 0.3 is 5.97 Å². The highest BCUT2D eigenvalue weighted by atomic mass is 16.5. The van der Waals surface area contributed by atoms with E-state index >= 15 is 0 Å². The first-order valence-electron chi connectivity index (χ1n) is 13.1. The van der Waals surface area contributed by atoms with Crippen molar-refractivity contribution >= 4 is 28.9 Å². The molecule has 37 heavy (non-hydrogen) atoms. The maximum absolute atomic E-state index is 13.0. The Morgan fingerprint density at radius 2 is 1.51 bits per heavy atom. The molecule has 3 aromatic carbocycles. The monoisotopic (exact) mass is 496 g/mol. The van der Waals surface area contributed by atoms with Crippen molar-refractivity contribution in [3.05, 3.63) is 83.4 Å². The van der Waals surface area contributed by atoms with Crippen LogP contribution in [0.15, 0.2) is 66.7 Å². The molecule has 4 bridgehead atoms. The van der Waals surface area contributed by atoms with Crippen LogP contribution in [0.25, 0.3) is 0 Å². The van der Waals surface area contributed by atoms with Gasteiger partial charge in [0.25, 0.3) is 5.91 Å². The van der Waals surface area contributed by atoms with Crippen LogP contribution >= 0.6 is 0 Å². The second-order valence-electron chi connectivity index (χ2n) is 11.1. The molecule has 3 aromatic rings. The van der Waals surface area contributed by atoms with Gasteiger partial charge in [-0.2, -0.15) is 0 Å². The zero-order valence-electron chi connectivity index (χ0n) is 21.0. The average molecular weight is 497 g/mol. The fourth-order valence-electron chi connectivity index (χ4n) is 7.49. The smallest absolute Gasteiger partial charge is 0.341 e. The first-order chi connectivity index (χ1) is 17.9. The molecule has 3 N–H and O–H groups in total. The van der Waals surface area contributed by atoms with Crippen LogP contribution < -0.4 is 15.4 Å². The van der Waals surface area contributed by atoms with E-state index in [1.165, 1.54) is 51.2 Å². The van der Waals surface area contributed by atoms with Crippen molar-refractivity contribution in [2.24, 2.45) is 17.8 Å². The molecule has 4 saturated carbocycles. The summed E-state index contributed by atoms with van der Waals surface area (Å²) in [5.41, 5.74) is 4.08. The number of benzene rings is 3. The molecular weight excluding hydrogens is 464 g/mol. The van der Waals surface area contributed by atoms with Crippen LogP contribution in [0.1, 0.15) is 64.8 Å². The van der Waals surface area contributed by atoms with Crippen molar-refractivity contribution in [3.63, 3.8) is 0 Å². The van der Waals surface area contributed by atoms with Crippen molar-refractivity contribution in [1.82, 2.24) is 0 Å². The van der Waals surface area contributed by atoms with Gasteiger partial charge in [-0.25, -0.2) is 4.79 Å². The van der Waals surface area contributed by atoms with E-state index < -0.39 is 5.97 Å². The first kappa shape index (κ1) is 23.6. The lowest BCUT2D eigenvalue weighted by Crippen LogP contribution is -2.48. The first-order valence-corrected chi connectivity index (χ1v) is 13.1. The average Bonchev–Trinajstić information content (AvgIpc) is 2.88. The van der Waals surface area contributed by atoms with Gasteiger partial charge < -0.3 is 20.5 Å². The highest BCUT2D eigenvalue weighted by Crippen LogP contribution is 2.60. The zero-order valence-corrected chi connectivity index (χ0v) is 21.0. The number of ether oxygens (including phenoxy) is 1. The number of carboxylic acid groups (broad SMARTS) is 1. The number of nitrogens with one attached hydrogen (secondary N) is 2. The Bertz CT molecular complexity index is 1310. The minimum atomic E-state index is -1.09. The van der Waals surface area contributed by atoms with Gasteiger partial charge in [0.15, 0.2) is 0 Å². The van der Waals surface area contributed by atoms with Gasteiger partial charge in [0.1, 0.15) is 11.3 Å². The summed E-state index contributed by atoms with van der Waals surface area (Å²) in [6, 6.07) is 20.5. The molecule has 0 radical (unpaired) electrons. The van der Waals surface area contributed by atoms with E-state index in [4.69, 9.17) is 4.74 Å². The van der Waals surface area contributed by atoms with Gasteiger partial charge in [-0.3, -0.25) is 4.79 Å². The van der Waals surface area contributed by atoms with E-state index in [-0.39, 0.29) is 17.2 Å². The van der Waals surface area contributed by atoms with Gasteiger partial charge in [-0.05, 0) is 110 Å². The van der Waals surface area contributed by atoms with Crippen LogP contribution in [0.5, 0.6) is 5.75 Å². The summed E-state index contributed by atoms with van der Waals surface area (Å²) < 4.78 is 5.20. The molecule has 4 fully saturated rings. The quantitative estimate of drug-likeness (QED) is 0.333. The summed E-state index contributed by atoms with van der Waals surface area (Å²) in [5, 5.41) is 15.8. The number of carboxylic acids is 1. The van der Waals surface area contributed by atoms with Crippen molar-refractivity contribution in [1.29, 1.82) is 0 Å².